The van der Waals surface area contributed by atoms with Gasteiger partial charge in [0.15, 0.2) is 6.61 Å². The maximum atomic E-state index is 13.0. The summed E-state index contributed by atoms with van der Waals surface area (Å²) in [6.07, 6.45) is 0. The minimum Gasteiger partial charge on any atom is -0.495 e. The van der Waals surface area contributed by atoms with E-state index in [1.165, 1.54) is 35.7 Å². The van der Waals surface area contributed by atoms with Crippen molar-refractivity contribution in [2.45, 2.75) is 64.8 Å². The second kappa shape index (κ2) is 13.8. The van der Waals surface area contributed by atoms with Crippen LogP contribution in [0.5, 0.6) is 5.75 Å². The van der Waals surface area contributed by atoms with Crippen LogP contribution in [0.1, 0.15) is 64.4 Å². The van der Waals surface area contributed by atoms with E-state index in [0.29, 0.717) is 24.5 Å². The Hall–Kier alpha value is -3.44. The molecule has 1 atom stereocenters. The Morgan fingerprint density at radius 2 is 1.65 bits per heavy atom. The highest BCUT2D eigenvalue weighted by Gasteiger charge is 2.28. The molecule has 2 amide bonds. The molecule has 0 fully saturated rings. The molecule has 0 aliphatic carbocycles. The molecular formula is C29H41N3O7S. The van der Waals surface area contributed by atoms with Gasteiger partial charge in [0.1, 0.15) is 11.8 Å². The number of methoxy groups -OCH3 is 1. The van der Waals surface area contributed by atoms with Crippen LogP contribution in [0.15, 0.2) is 47.4 Å². The first-order valence-electron chi connectivity index (χ1n) is 13.2. The first-order chi connectivity index (χ1) is 18.6. The molecular weight excluding hydrogens is 534 g/mol. The smallest absolute Gasteiger partial charge is 0.329 e. The van der Waals surface area contributed by atoms with Gasteiger partial charge in [-0.2, -0.15) is 4.31 Å². The highest BCUT2D eigenvalue weighted by Crippen LogP contribution is 2.31. The van der Waals surface area contributed by atoms with E-state index >= 15 is 0 Å². The number of anilines is 1. The van der Waals surface area contributed by atoms with Crippen LogP contribution in [-0.4, -0.2) is 63.4 Å². The van der Waals surface area contributed by atoms with Crippen LogP contribution < -0.4 is 15.4 Å². The largest absolute Gasteiger partial charge is 0.495 e. The molecule has 0 saturated heterocycles. The maximum Gasteiger partial charge on any atom is 0.329 e. The lowest BCUT2D eigenvalue weighted by Gasteiger charge is -2.22. The average molecular weight is 576 g/mol. The lowest BCUT2D eigenvalue weighted by molar-refractivity contribution is -0.150. The summed E-state index contributed by atoms with van der Waals surface area (Å²) in [7, 11) is -2.28. The fourth-order valence-corrected chi connectivity index (χ4v) is 5.42. The summed E-state index contributed by atoms with van der Waals surface area (Å²) >= 11 is 0. The molecule has 0 saturated carbocycles. The molecule has 0 spiro atoms. The number of benzene rings is 2. The van der Waals surface area contributed by atoms with Gasteiger partial charge in [0.2, 0.25) is 10.0 Å². The monoisotopic (exact) mass is 575 g/mol. The highest BCUT2D eigenvalue weighted by atomic mass is 32.2. The highest BCUT2D eigenvalue weighted by molar-refractivity contribution is 7.89. The molecule has 0 aliphatic heterocycles. The zero-order chi connectivity index (χ0) is 30.3. The van der Waals surface area contributed by atoms with Crippen molar-refractivity contribution in [3.8, 4) is 5.75 Å². The summed E-state index contributed by atoms with van der Waals surface area (Å²) in [5.41, 5.74) is 1.35. The SMILES string of the molecule is CCN(CC)S(=O)(=O)c1cccc(C(=O)N[C@H](C(=O)OCC(=O)Nc2cc(C(C)(C)C)ccc2OC)C(C)C)c1. The van der Waals surface area contributed by atoms with E-state index in [1.54, 1.807) is 33.8 Å². The van der Waals surface area contributed by atoms with Gasteiger partial charge in [-0.1, -0.05) is 60.6 Å². The molecule has 2 N–H and O–H groups in total. The Balaban J connectivity index is 2.11. The summed E-state index contributed by atoms with van der Waals surface area (Å²) in [6.45, 7) is 13.0. The molecule has 0 heterocycles. The molecule has 0 aromatic heterocycles. The maximum absolute atomic E-state index is 13.0. The van der Waals surface area contributed by atoms with Crippen molar-refractivity contribution in [3.63, 3.8) is 0 Å². The van der Waals surface area contributed by atoms with E-state index in [1.807, 2.05) is 32.9 Å². The molecule has 2 aromatic rings. The van der Waals surface area contributed by atoms with Crippen LogP contribution in [0.2, 0.25) is 0 Å². The molecule has 0 radical (unpaired) electrons. The minimum atomic E-state index is -3.77. The van der Waals surface area contributed by atoms with Crippen LogP contribution in [-0.2, 0) is 29.8 Å². The Kier molecular flexibility index (Phi) is 11.3. The van der Waals surface area contributed by atoms with Crippen LogP contribution >= 0.6 is 0 Å². The predicted molar refractivity (Wildman–Crippen MR) is 154 cm³/mol. The molecule has 0 unspecified atom stereocenters. The molecule has 2 aromatic carbocycles. The number of carbonyl (C=O) groups excluding carboxylic acids is 3. The Morgan fingerprint density at radius 1 is 1.00 bits per heavy atom. The summed E-state index contributed by atoms with van der Waals surface area (Å²) in [4.78, 5) is 38.5. The summed E-state index contributed by atoms with van der Waals surface area (Å²) < 4.78 is 37.6. The van der Waals surface area contributed by atoms with Crippen LogP contribution in [0.25, 0.3) is 0 Å². The van der Waals surface area contributed by atoms with E-state index in [4.69, 9.17) is 9.47 Å². The van der Waals surface area contributed by atoms with Gasteiger partial charge in [-0.3, -0.25) is 9.59 Å². The number of ether oxygens (including phenoxy) is 2. The van der Waals surface area contributed by atoms with E-state index < -0.39 is 40.5 Å². The van der Waals surface area contributed by atoms with Crippen molar-refractivity contribution in [2.75, 3.05) is 32.1 Å². The average Bonchev–Trinajstić information content (AvgIpc) is 2.90. The van der Waals surface area contributed by atoms with E-state index in [9.17, 15) is 22.8 Å². The fourth-order valence-electron chi connectivity index (χ4n) is 3.92. The quantitative estimate of drug-likeness (QED) is 0.366. The van der Waals surface area contributed by atoms with E-state index in [-0.39, 0.29) is 21.8 Å². The second-order valence-electron chi connectivity index (χ2n) is 10.6. The van der Waals surface area contributed by atoms with Crippen molar-refractivity contribution in [1.29, 1.82) is 0 Å². The minimum absolute atomic E-state index is 0.0184. The van der Waals surface area contributed by atoms with E-state index in [0.717, 1.165) is 5.56 Å². The zero-order valence-corrected chi connectivity index (χ0v) is 25.3. The lowest BCUT2D eigenvalue weighted by atomic mass is 9.87. The van der Waals surface area contributed by atoms with Gasteiger partial charge in [0.25, 0.3) is 11.8 Å². The van der Waals surface area contributed by atoms with Crippen molar-refractivity contribution < 1.29 is 32.3 Å². The number of nitrogens with zero attached hydrogens (tertiary/aromatic N) is 1. The number of hydrogen-bond acceptors (Lipinski definition) is 7. The number of rotatable bonds is 12. The van der Waals surface area contributed by atoms with E-state index in [2.05, 4.69) is 10.6 Å². The van der Waals surface area contributed by atoms with Gasteiger partial charge < -0.3 is 20.1 Å². The van der Waals surface area contributed by atoms with Crippen molar-refractivity contribution in [1.82, 2.24) is 9.62 Å². The molecule has 0 bridgehead atoms. The van der Waals surface area contributed by atoms with Gasteiger partial charge in [-0.05, 0) is 47.2 Å². The van der Waals surface area contributed by atoms with Gasteiger partial charge in [0, 0.05) is 18.7 Å². The predicted octanol–water partition coefficient (Wildman–Crippen LogP) is 3.96. The third-order valence-electron chi connectivity index (χ3n) is 6.33. The van der Waals surface area contributed by atoms with Gasteiger partial charge >= 0.3 is 5.97 Å². The molecule has 11 heteroatoms. The second-order valence-corrected chi connectivity index (χ2v) is 12.6. The lowest BCUT2D eigenvalue weighted by Crippen LogP contribution is -2.46. The normalized spacial score (nSPS) is 12.7. The molecule has 2 rings (SSSR count). The Labute approximate surface area is 237 Å². The number of carbonyl (C=O) groups is 3. The Morgan fingerprint density at radius 3 is 2.20 bits per heavy atom. The third-order valence-corrected chi connectivity index (χ3v) is 8.38. The standard InChI is InChI=1S/C29H41N3O7S/c1-9-32(10-2)40(36,37)22-13-11-12-20(16-22)27(34)31-26(19(3)4)28(35)39-18-25(33)30-23-17-21(29(5,6)7)14-15-24(23)38-8/h11-17,19,26H,9-10,18H2,1-8H3,(H,30,33)(H,31,34)/t26-/m0/s1. The fraction of sp³-hybridized carbons (Fsp3) is 0.483. The number of sulfonamides is 1. The van der Waals surface area contributed by atoms with Gasteiger partial charge in [-0.15, -0.1) is 0 Å². The first-order valence-corrected chi connectivity index (χ1v) is 14.7. The van der Waals surface area contributed by atoms with Crippen molar-refractivity contribution in [2.24, 2.45) is 5.92 Å². The third kappa shape index (κ3) is 8.28. The van der Waals surface area contributed by atoms with Crippen molar-refractivity contribution in [3.05, 3.63) is 53.6 Å². The summed E-state index contributed by atoms with van der Waals surface area (Å²) in [5.74, 6) is -1.90. The van der Waals surface area contributed by atoms with Crippen LogP contribution in [0, 0.1) is 5.92 Å². The van der Waals surface area contributed by atoms with Gasteiger partial charge in [0.05, 0.1) is 17.7 Å². The Bertz CT molecular complexity index is 1310. The number of nitrogens with one attached hydrogen (secondary N) is 2. The summed E-state index contributed by atoms with van der Waals surface area (Å²) in [5, 5.41) is 5.32. The molecule has 220 valence electrons. The first kappa shape index (κ1) is 32.8. The molecule has 10 nitrogen and oxygen atoms in total. The number of hydrogen-bond donors (Lipinski definition) is 2. The number of esters is 1. The molecule has 40 heavy (non-hydrogen) atoms. The zero-order valence-electron chi connectivity index (χ0n) is 24.5. The van der Waals surface area contributed by atoms with Crippen LogP contribution in [0.4, 0.5) is 5.69 Å². The van der Waals surface area contributed by atoms with Gasteiger partial charge in [-0.25, -0.2) is 13.2 Å². The summed E-state index contributed by atoms with van der Waals surface area (Å²) in [6, 6.07) is 10.1. The molecule has 0 aliphatic rings. The van der Waals surface area contributed by atoms with Crippen molar-refractivity contribution >= 4 is 33.5 Å². The van der Waals surface area contributed by atoms with Crippen LogP contribution in [0.3, 0.4) is 0 Å². The number of amides is 2. The topological polar surface area (TPSA) is 131 Å².